The lowest BCUT2D eigenvalue weighted by atomic mass is 10.1. The summed E-state index contributed by atoms with van der Waals surface area (Å²) in [7, 11) is 0. The highest BCUT2D eigenvalue weighted by molar-refractivity contribution is 7.07. The predicted octanol–water partition coefficient (Wildman–Crippen LogP) is 4.50. The van der Waals surface area contributed by atoms with E-state index in [1.165, 1.54) is 23.5 Å². The van der Waals surface area contributed by atoms with E-state index in [9.17, 15) is 10.1 Å². The van der Waals surface area contributed by atoms with Gasteiger partial charge in [-0.05, 0) is 29.8 Å². The second-order valence-corrected chi connectivity index (χ2v) is 7.16. The van der Waals surface area contributed by atoms with Crippen molar-refractivity contribution in [2.24, 2.45) is 10.1 Å². The summed E-state index contributed by atoms with van der Waals surface area (Å²) in [5.74, 6) is 0. The Morgan fingerprint density at radius 3 is 2.50 bits per heavy atom. The molecule has 30 heavy (non-hydrogen) atoms. The maximum atomic E-state index is 11.0. The Hall–Kier alpha value is -3.91. The number of benzene rings is 2. The number of hydrogen-bond acceptors (Lipinski definition) is 6. The Balaban J connectivity index is 1.75. The largest absolute Gasteiger partial charge is 0.269 e. The van der Waals surface area contributed by atoms with E-state index < -0.39 is 4.92 Å². The van der Waals surface area contributed by atoms with Crippen molar-refractivity contribution in [2.45, 2.75) is 6.54 Å². The van der Waals surface area contributed by atoms with Crippen LogP contribution >= 0.6 is 11.3 Å². The number of hydrogen-bond donors (Lipinski definition) is 0. The summed E-state index contributed by atoms with van der Waals surface area (Å²) < 4.78 is 1.74. The van der Waals surface area contributed by atoms with Crippen LogP contribution < -0.4 is 4.80 Å². The van der Waals surface area contributed by atoms with E-state index >= 15 is 0 Å². The lowest BCUT2D eigenvalue weighted by Gasteiger charge is -2.03. The third-order valence-corrected chi connectivity index (χ3v) is 5.15. The van der Waals surface area contributed by atoms with Gasteiger partial charge in [0.15, 0.2) is 0 Å². The van der Waals surface area contributed by atoms with Crippen molar-refractivity contribution in [3.05, 3.63) is 111 Å². The van der Waals surface area contributed by atoms with Gasteiger partial charge in [-0.1, -0.05) is 36.4 Å². The lowest BCUT2D eigenvalue weighted by molar-refractivity contribution is -0.384. The van der Waals surface area contributed by atoms with E-state index in [4.69, 9.17) is 4.99 Å². The van der Waals surface area contributed by atoms with Crippen molar-refractivity contribution < 1.29 is 4.92 Å². The van der Waals surface area contributed by atoms with Gasteiger partial charge in [0.25, 0.3) is 5.69 Å². The molecular weight excluding hydrogens is 398 g/mol. The van der Waals surface area contributed by atoms with Crippen LogP contribution in [-0.4, -0.2) is 20.8 Å². The first-order valence-electron chi connectivity index (χ1n) is 9.16. The van der Waals surface area contributed by atoms with Crippen molar-refractivity contribution in [2.75, 3.05) is 0 Å². The molecule has 148 valence electrons. The molecule has 7 nitrogen and oxygen atoms in total. The van der Waals surface area contributed by atoms with Crippen molar-refractivity contribution in [3.63, 3.8) is 0 Å². The normalized spacial score (nSPS) is 11.8. The number of rotatable bonds is 6. The average molecular weight is 415 g/mol. The Kier molecular flexibility index (Phi) is 5.86. The number of non-ortho nitro benzene ring substituents is 1. The van der Waals surface area contributed by atoms with Gasteiger partial charge in [-0.2, -0.15) is 5.10 Å². The molecule has 0 aliphatic heterocycles. The summed E-state index contributed by atoms with van der Waals surface area (Å²) in [6, 6.07) is 22.0. The van der Waals surface area contributed by atoms with Crippen molar-refractivity contribution >= 4 is 23.2 Å². The first kappa shape index (κ1) is 19.4. The minimum atomic E-state index is -0.411. The third-order valence-electron chi connectivity index (χ3n) is 4.29. The van der Waals surface area contributed by atoms with Crippen LogP contribution in [-0.2, 0) is 6.54 Å². The van der Waals surface area contributed by atoms with Crippen LogP contribution in [0.5, 0.6) is 0 Å². The van der Waals surface area contributed by atoms with Crippen LogP contribution in [0.4, 0.5) is 5.69 Å². The molecule has 4 aromatic rings. The Morgan fingerprint density at radius 1 is 1.03 bits per heavy atom. The summed E-state index contributed by atoms with van der Waals surface area (Å²) >= 11 is 1.46. The van der Waals surface area contributed by atoms with E-state index in [1.54, 1.807) is 29.2 Å². The fraction of sp³-hybridized carbons (Fsp3) is 0.0455. The van der Waals surface area contributed by atoms with Crippen molar-refractivity contribution in [3.8, 4) is 11.3 Å². The summed E-state index contributed by atoms with van der Waals surface area (Å²) in [6.45, 7) is 0.528. The van der Waals surface area contributed by atoms with Crippen molar-refractivity contribution in [1.82, 2.24) is 9.66 Å². The Labute approximate surface area is 176 Å². The molecule has 2 aromatic heterocycles. The Morgan fingerprint density at radius 2 is 1.80 bits per heavy atom. The standard InChI is InChI=1S/C22H17N5O2S/c28-27(29)20-11-9-18(10-12-20)21-16-30-22(24-14-17-6-2-1-3-7-17)26(21)25-15-19-8-4-5-13-23-19/h1-13,15-16H,14H2. The van der Waals surface area contributed by atoms with Gasteiger partial charge in [0.1, 0.15) is 0 Å². The van der Waals surface area contributed by atoms with E-state index in [1.807, 2.05) is 53.9 Å². The topological polar surface area (TPSA) is 85.7 Å². The molecule has 0 aliphatic carbocycles. The zero-order valence-electron chi connectivity index (χ0n) is 15.8. The van der Waals surface area contributed by atoms with Gasteiger partial charge >= 0.3 is 0 Å². The van der Waals surface area contributed by atoms with E-state index in [0.717, 1.165) is 27.3 Å². The molecular formula is C22H17N5O2S. The fourth-order valence-electron chi connectivity index (χ4n) is 2.78. The van der Waals surface area contributed by atoms with Gasteiger partial charge in [0.05, 0.1) is 29.1 Å². The molecule has 2 heterocycles. The first-order chi connectivity index (χ1) is 14.7. The monoisotopic (exact) mass is 415 g/mol. The van der Waals surface area contributed by atoms with Crippen molar-refractivity contribution in [1.29, 1.82) is 0 Å². The molecule has 0 bridgehead atoms. The number of nitrogens with zero attached hydrogens (tertiary/aromatic N) is 5. The molecule has 2 aromatic carbocycles. The van der Waals surface area contributed by atoms with Gasteiger partial charge in [0, 0.05) is 29.3 Å². The summed E-state index contributed by atoms with van der Waals surface area (Å²) in [6.07, 6.45) is 3.38. The van der Waals surface area contributed by atoms with Crippen LogP contribution in [0.25, 0.3) is 11.3 Å². The zero-order chi connectivity index (χ0) is 20.8. The average Bonchev–Trinajstić information content (AvgIpc) is 3.20. The van der Waals surface area contributed by atoms with Crippen LogP contribution in [0.2, 0.25) is 0 Å². The molecule has 0 atom stereocenters. The highest BCUT2D eigenvalue weighted by atomic mass is 32.1. The molecule has 0 N–H and O–H groups in total. The number of pyridine rings is 1. The molecule has 0 spiro atoms. The lowest BCUT2D eigenvalue weighted by Crippen LogP contribution is -2.12. The summed E-state index contributed by atoms with van der Waals surface area (Å²) in [5, 5.41) is 17.5. The maximum absolute atomic E-state index is 11.0. The molecule has 0 saturated carbocycles. The second-order valence-electron chi connectivity index (χ2n) is 6.32. The van der Waals surface area contributed by atoms with Crippen LogP contribution in [0.1, 0.15) is 11.3 Å². The van der Waals surface area contributed by atoms with Gasteiger partial charge in [-0.25, -0.2) is 4.68 Å². The highest BCUT2D eigenvalue weighted by Gasteiger charge is 2.10. The number of aromatic nitrogens is 2. The molecule has 0 saturated heterocycles. The predicted molar refractivity (Wildman–Crippen MR) is 117 cm³/mol. The third kappa shape index (κ3) is 4.56. The van der Waals surface area contributed by atoms with E-state index in [2.05, 4.69) is 10.1 Å². The quantitative estimate of drug-likeness (QED) is 0.264. The minimum absolute atomic E-state index is 0.0477. The Bertz CT molecular complexity index is 1230. The van der Waals surface area contributed by atoms with Crippen LogP contribution in [0, 0.1) is 10.1 Å². The van der Waals surface area contributed by atoms with Gasteiger partial charge in [-0.3, -0.25) is 20.1 Å². The number of thiazole rings is 1. The summed E-state index contributed by atoms with van der Waals surface area (Å²) in [5.41, 5.74) is 3.49. The molecule has 8 heteroatoms. The first-order valence-corrected chi connectivity index (χ1v) is 10.0. The van der Waals surface area contributed by atoms with Gasteiger partial charge in [0.2, 0.25) is 4.80 Å². The zero-order valence-corrected chi connectivity index (χ0v) is 16.6. The van der Waals surface area contributed by atoms with Gasteiger partial charge < -0.3 is 0 Å². The molecule has 0 fully saturated rings. The van der Waals surface area contributed by atoms with E-state index in [0.29, 0.717) is 6.54 Å². The SMILES string of the molecule is O=[N+]([O-])c1ccc(-c2csc(=NCc3ccccc3)n2N=Cc2ccccn2)cc1. The van der Waals surface area contributed by atoms with Crippen LogP contribution in [0.3, 0.4) is 0 Å². The number of nitro groups is 1. The van der Waals surface area contributed by atoms with E-state index in [-0.39, 0.29) is 5.69 Å². The fourth-order valence-corrected chi connectivity index (χ4v) is 3.62. The maximum Gasteiger partial charge on any atom is 0.269 e. The molecule has 0 unspecified atom stereocenters. The molecule has 0 amide bonds. The molecule has 0 aliphatic rings. The van der Waals surface area contributed by atoms with Gasteiger partial charge in [-0.15, -0.1) is 11.3 Å². The smallest absolute Gasteiger partial charge is 0.258 e. The second kappa shape index (κ2) is 9.06. The minimum Gasteiger partial charge on any atom is -0.258 e. The van der Waals surface area contributed by atoms with Crippen LogP contribution in [0.15, 0.2) is 94.5 Å². The molecule has 4 rings (SSSR count). The highest BCUT2D eigenvalue weighted by Crippen LogP contribution is 2.23. The molecule has 0 radical (unpaired) electrons. The summed E-state index contributed by atoms with van der Waals surface area (Å²) in [4.78, 5) is 20.3. The number of nitro benzene ring substituents is 1.